The monoisotopic (exact) mass is 271 g/mol. The Balaban J connectivity index is 2.39. The van der Waals surface area contributed by atoms with E-state index in [4.69, 9.17) is 10.5 Å². The first-order chi connectivity index (χ1) is 9.51. The van der Waals surface area contributed by atoms with E-state index in [-0.39, 0.29) is 0 Å². The molecule has 0 atom stereocenters. The SMILES string of the molecule is CCCc1nc(N)c(C)c(Oc2cc(C)ccc2C)n1. The van der Waals surface area contributed by atoms with Crippen LogP contribution in [0.2, 0.25) is 0 Å². The summed E-state index contributed by atoms with van der Waals surface area (Å²) in [4.78, 5) is 8.77. The molecule has 2 rings (SSSR count). The third kappa shape index (κ3) is 3.07. The molecule has 0 unspecified atom stereocenters. The van der Waals surface area contributed by atoms with Gasteiger partial charge in [0, 0.05) is 6.42 Å². The lowest BCUT2D eigenvalue weighted by Crippen LogP contribution is -2.05. The first-order valence-electron chi connectivity index (χ1n) is 6.89. The molecule has 0 saturated carbocycles. The summed E-state index contributed by atoms with van der Waals surface area (Å²) in [6.07, 6.45) is 1.78. The summed E-state index contributed by atoms with van der Waals surface area (Å²) < 4.78 is 5.96. The van der Waals surface area contributed by atoms with Crippen LogP contribution in [0.1, 0.15) is 35.9 Å². The Morgan fingerprint density at radius 1 is 1.15 bits per heavy atom. The highest BCUT2D eigenvalue weighted by molar-refractivity contribution is 5.47. The van der Waals surface area contributed by atoms with Gasteiger partial charge in [0.05, 0.1) is 5.56 Å². The van der Waals surface area contributed by atoms with Crippen molar-refractivity contribution < 1.29 is 4.74 Å². The smallest absolute Gasteiger partial charge is 0.227 e. The average Bonchev–Trinajstić information content (AvgIpc) is 2.40. The van der Waals surface area contributed by atoms with Gasteiger partial charge >= 0.3 is 0 Å². The average molecular weight is 271 g/mol. The molecule has 0 saturated heterocycles. The van der Waals surface area contributed by atoms with Crippen LogP contribution in [0.5, 0.6) is 11.6 Å². The molecule has 1 aromatic heterocycles. The Bertz CT molecular complexity index is 623. The molecule has 2 aromatic rings. The molecule has 2 N–H and O–H groups in total. The summed E-state index contributed by atoms with van der Waals surface area (Å²) in [5.41, 5.74) is 8.95. The fourth-order valence-corrected chi connectivity index (χ4v) is 1.91. The zero-order chi connectivity index (χ0) is 14.7. The minimum absolute atomic E-state index is 0.490. The van der Waals surface area contributed by atoms with Gasteiger partial charge < -0.3 is 10.5 Å². The van der Waals surface area contributed by atoms with Gasteiger partial charge in [-0.3, -0.25) is 0 Å². The highest BCUT2D eigenvalue weighted by Crippen LogP contribution is 2.29. The second-order valence-corrected chi connectivity index (χ2v) is 5.08. The molecule has 4 heteroatoms. The number of anilines is 1. The number of ether oxygens (including phenoxy) is 1. The second kappa shape index (κ2) is 5.90. The molecule has 20 heavy (non-hydrogen) atoms. The van der Waals surface area contributed by atoms with Crippen LogP contribution in [0.25, 0.3) is 0 Å². The van der Waals surface area contributed by atoms with E-state index in [1.165, 1.54) is 0 Å². The minimum Gasteiger partial charge on any atom is -0.438 e. The van der Waals surface area contributed by atoms with E-state index >= 15 is 0 Å². The van der Waals surface area contributed by atoms with Crippen LogP contribution in [0.4, 0.5) is 5.82 Å². The lowest BCUT2D eigenvalue weighted by Gasteiger charge is -2.13. The van der Waals surface area contributed by atoms with Crippen LogP contribution in [0.15, 0.2) is 18.2 Å². The van der Waals surface area contributed by atoms with E-state index in [2.05, 4.69) is 23.0 Å². The number of benzene rings is 1. The molecule has 1 aromatic carbocycles. The van der Waals surface area contributed by atoms with Crippen molar-refractivity contribution in [3.8, 4) is 11.6 Å². The van der Waals surface area contributed by atoms with Gasteiger partial charge in [0.15, 0.2) is 0 Å². The summed E-state index contributed by atoms with van der Waals surface area (Å²) in [6, 6.07) is 6.11. The largest absolute Gasteiger partial charge is 0.438 e. The van der Waals surface area contributed by atoms with Gasteiger partial charge in [-0.2, -0.15) is 4.98 Å². The van der Waals surface area contributed by atoms with Crippen LogP contribution in [0.3, 0.4) is 0 Å². The zero-order valence-corrected chi connectivity index (χ0v) is 12.5. The maximum Gasteiger partial charge on any atom is 0.227 e. The first kappa shape index (κ1) is 14.3. The number of aromatic nitrogens is 2. The first-order valence-corrected chi connectivity index (χ1v) is 6.89. The molecule has 4 nitrogen and oxygen atoms in total. The summed E-state index contributed by atoms with van der Waals surface area (Å²) in [5, 5.41) is 0. The van der Waals surface area contributed by atoms with E-state index in [1.54, 1.807) is 0 Å². The van der Waals surface area contributed by atoms with E-state index in [9.17, 15) is 0 Å². The van der Waals surface area contributed by atoms with Crippen LogP contribution >= 0.6 is 0 Å². The molecule has 0 aliphatic carbocycles. The number of rotatable bonds is 4. The van der Waals surface area contributed by atoms with Gasteiger partial charge in [0.1, 0.15) is 17.4 Å². The van der Waals surface area contributed by atoms with Crippen molar-refractivity contribution >= 4 is 5.82 Å². The second-order valence-electron chi connectivity index (χ2n) is 5.08. The number of aryl methyl sites for hydroxylation is 3. The Hall–Kier alpha value is -2.10. The lowest BCUT2D eigenvalue weighted by molar-refractivity contribution is 0.451. The summed E-state index contributed by atoms with van der Waals surface area (Å²) >= 11 is 0. The van der Waals surface area contributed by atoms with E-state index in [0.717, 1.165) is 41.1 Å². The van der Waals surface area contributed by atoms with Gasteiger partial charge in [-0.05, 0) is 44.4 Å². The quantitative estimate of drug-likeness (QED) is 0.920. The predicted molar refractivity (Wildman–Crippen MR) is 81.2 cm³/mol. The van der Waals surface area contributed by atoms with Crippen molar-refractivity contribution in [3.63, 3.8) is 0 Å². The summed E-state index contributed by atoms with van der Waals surface area (Å²) in [6.45, 7) is 8.02. The van der Waals surface area contributed by atoms with Crippen molar-refractivity contribution in [3.05, 3.63) is 40.7 Å². The minimum atomic E-state index is 0.490. The zero-order valence-electron chi connectivity index (χ0n) is 12.5. The molecule has 0 spiro atoms. The van der Waals surface area contributed by atoms with E-state index in [1.807, 2.05) is 32.9 Å². The maximum atomic E-state index is 5.96. The molecule has 106 valence electrons. The van der Waals surface area contributed by atoms with E-state index < -0.39 is 0 Å². The van der Waals surface area contributed by atoms with Crippen molar-refractivity contribution in [1.29, 1.82) is 0 Å². The van der Waals surface area contributed by atoms with Crippen LogP contribution in [0, 0.1) is 20.8 Å². The van der Waals surface area contributed by atoms with Gasteiger partial charge in [-0.1, -0.05) is 19.1 Å². The Morgan fingerprint density at radius 2 is 1.90 bits per heavy atom. The molecular weight excluding hydrogens is 250 g/mol. The molecule has 0 amide bonds. The Morgan fingerprint density at radius 3 is 2.60 bits per heavy atom. The summed E-state index contributed by atoms with van der Waals surface area (Å²) in [5.74, 6) is 2.59. The standard InChI is InChI=1S/C16H21N3O/c1-5-6-14-18-15(17)12(4)16(19-14)20-13-9-10(2)7-8-11(13)3/h7-9H,5-6H2,1-4H3,(H2,17,18,19). The number of hydrogen-bond donors (Lipinski definition) is 1. The molecule has 0 bridgehead atoms. The normalized spacial score (nSPS) is 10.6. The third-order valence-electron chi connectivity index (χ3n) is 3.21. The fraction of sp³-hybridized carbons (Fsp3) is 0.375. The molecule has 1 heterocycles. The molecule has 0 aliphatic heterocycles. The lowest BCUT2D eigenvalue weighted by atomic mass is 10.1. The van der Waals surface area contributed by atoms with Crippen molar-refractivity contribution in [2.45, 2.75) is 40.5 Å². The Kier molecular flexibility index (Phi) is 4.23. The highest BCUT2D eigenvalue weighted by Gasteiger charge is 2.11. The summed E-state index contributed by atoms with van der Waals surface area (Å²) in [7, 11) is 0. The van der Waals surface area contributed by atoms with Gasteiger partial charge in [-0.15, -0.1) is 0 Å². The topological polar surface area (TPSA) is 61.0 Å². The molecule has 0 aliphatic rings. The maximum absolute atomic E-state index is 5.96. The number of nitrogens with two attached hydrogens (primary N) is 1. The number of nitrogens with zero attached hydrogens (tertiary/aromatic N) is 2. The third-order valence-corrected chi connectivity index (χ3v) is 3.21. The van der Waals surface area contributed by atoms with Gasteiger partial charge in [-0.25, -0.2) is 4.98 Å². The predicted octanol–water partition coefficient (Wildman–Crippen LogP) is 3.73. The molecule has 0 fully saturated rings. The van der Waals surface area contributed by atoms with Crippen molar-refractivity contribution in [1.82, 2.24) is 9.97 Å². The van der Waals surface area contributed by atoms with E-state index in [0.29, 0.717) is 11.7 Å². The van der Waals surface area contributed by atoms with Crippen molar-refractivity contribution in [2.75, 3.05) is 5.73 Å². The number of hydrogen-bond acceptors (Lipinski definition) is 4. The van der Waals surface area contributed by atoms with Crippen LogP contribution in [-0.4, -0.2) is 9.97 Å². The van der Waals surface area contributed by atoms with Gasteiger partial charge in [0.25, 0.3) is 0 Å². The fourth-order valence-electron chi connectivity index (χ4n) is 1.91. The Labute approximate surface area is 120 Å². The van der Waals surface area contributed by atoms with Crippen LogP contribution < -0.4 is 10.5 Å². The molecule has 0 radical (unpaired) electrons. The molecular formula is C16H21N3O. The number of nitrogen functional groups attached to an aromatic ring is 1. The van der Waals surface area contributed by atoms with Gasteiger partial charge in [0.2, 0.25) is 5.88 Å². The highest BCUT2D eigenvalue weighted by atomic mass is 16.5. The van der Waals surface area contributed by atoms with Crippen molar-refractivity contribution in [2.24, 2.45) is 0 Å². The van der Waals surface area contributed by atoms with Crippen LogP contribution in [-0.2, 0) is 6.42 Å².